The summed E-state index contributed by atoms with van der Waals surface area (Å²) in [6, 6.07) is 8.55. The van der Waals surface area contributed by atoms with Gasteiger partial charge >= 0.3 is 0 Å². The topological polar surface area (TPSA) is 21.8 Å². The van der Waals surface area contributed by atoms with Gasteiger partial charge in [-0.25, -0.2) is 0 Å². The van der Waals surface area contributed by atoms with Crippen molar-refractivity contribution in [1.29, 1.82) is 0 Å². The number of allylic oxidation sites excluding steroid dienone is 2. The first-order valence-corrected chi connectivity index (χ1v) is 8.83. The largest absolute Gasteiger partial charge is 0.491 e. The molecule has 2 nitrogen and oxygen atoms in total. The van der Waals surface area contributed by atoms with Crippen molar-refractivity contribution in [3.8, 4) is 5.75 Å². The highest BCUT2D eigenvalue weighted by Gasteiger charge is 2.22. The molecule has 0 N–H and O–H groups in total. The molecule has 2 heteroatoms. The maximum absolute atomic E-state index is 5.65. The van der Waals surface area contributed by atoms with Crippen LogP contribution in [0.25, 0.3) is 0 Å². The summed E-state index contributed by atoms with van der Waals surface area (Å²) in [5.41, 5.74) is 1.42. The summed E-state index contributed by atoms with van der Waals surface area (Å²) in [6.07, 6.45) is 15.3. The zero-order valence-corrected chi connectivity index (χ0v) is 13.9. The van der Waals surface area contributed by atoms with Gasteiger partial charge in [0.15, 0.2) is 0 Å². The minimum absolute atomic E-state index is 0.331. The van der Waals surface area contributed by atoms with Gasteiger partial charge in [0.05, 0.1) is 6.61 Å². The van der Waals surface area contributed by atoms with Gasteiger partial charge in [-0.2, -0.15) is 0 Å². The van der Waals surface area contributed by atoms with E-state index in [-0.39, 0.29) is 0 Å². The molecular formula is C20H30O2. The monoisotopic (exact) mass is 302 g/mol. The smallest absolute Gasteiger partial charge is 0.119 e. The first-order chi connectivity index (χ1) is 10.9. The van der Waals surface area contributed by atoms with E-state index in [0.29, 0.717) is 12.7 Å². The van der Waals surface area contributed by atoms with Crippen molar-refractivity contribution in [2.45, 2.75) is 64.4 Å². The summed E-state index contributed by atoms with van der Waals surface area (Å²) in [5.74, 6) is 0.959. The third-order valence-corrected chi connectivity index (χ3v) is 4.08. The van der Waals surface area contributed by atoms with Crippen LogP contribution in [0.1, 0.15) is 57.4 Å². The predicted molar refractivity (Wildman–Crippen MR) is 92.5 cm³/mol. The number of ether oxygens (including phenoxy) is 2. The standard InChI is InChI=1S/C20H30O2/c1-2-3-4-5-6-7-8-9-10-11-18-12-14-19(15-13-18)21-16-20-17-22-20/h2-3,12-15,20H,4-11,16-17H2,1H3/b3-2+. The second kappa shape index (κ2) is 10.4. The second-order valence-electron chi connectivity index (χ2n) is 6.14. The maximum atomic E-state index is 5.65. The van der Waals surface area contributed by atoms with E-state index < -0.39 is 0 Å². The number of hydrogen-bond donors (Lipinski definition) is 0. The van der Waals surface area contributed by atoms with Crippen molar-refractivity contribution in [1.82, 2.24) is 0 Å². The first kappa shape index (κ1) is 17.1. The van der Waals surface area contributed by atoms with Crippen LogP contribution in [-0.4, -0.2) is 19.3 Å². The van der Waals surface area contributed by atoms with E-state index in [2.05, 4.69) is 43.3 Å². The van der Waals surface area contributed by atoms with E-state index in [4.69, 9.17) is 9.47 Å². The van der Waals surface area contributed by atoms with Crippen molar-refractivity contribution >= 4 is 0 Å². The van der Waals surface area contributed by atoms with Crippen LogP contribution in [-0.2, 0) is 11.2 Å². The van der Waals surface area contributed by atoms with Gasteiger partial charge in [-0.3, -0.25) is 0 Å². The van der Waals surface area contributed by atoms with Crippen LogP contribution in [0.15, 0.2) is 36.4 Å². The predicted octanol–water partition coefficient (Wildman–Crippen LogP) is 5.31. The quantitative estimate of drug-likeness (QED) is 0.296. The van der Waals surface area contributed by atoms with Crippen LogP contribution in [0.4, 0.5) is 0 Å². The van der Waals surface area contributed by atoms with Gasteiger partial charge < -0.3 is 9.47 Å². The van der Waals surface area contributed by atoms with E-state index in [1.165, 1.54) is 56.9 Å². The van der Waals surface area contributed by atoms with E-state index in [9.17, 15) is 0 Å². The molecule has 1 aliphatic heterocycles. The summed E-state index contributed by atoms with van der Waals surface area (Å²) in [7, 11) is 0. The summed E-state index contributed by atoms with van der Waals surface area (Å²) in [6.45, 7) is 3.64. The van der Waals surface area contributed by atoms with Crippen molar-refractivity contribution in [3.63, 3.8) is 0 Å². The lowest BCUT2D eigenvalue weighted by atomic mass is 10.0. The van der Waals surface area contributed by atoms with E-state index >= 15 is 0 Å². The molecule has 0 amide bonds. The molecule has 0 radical (unpaired) electrons. The second-order valence-corrected chi connectivity index (χ2v) is 6.14. The number of epoxide rings is 1. The highest BCUT2D eigenvalue weighted by atomic mass is 16.6. The lowest BCUT2D eigenvalue weighted by Crippen LogP contribution is -2.03. The SMILES string of the molecule is C/C=C/CCCCCCCCc1ccc(OCC2CO2)cc1. The normalized spacial score (nSPS) is 17.0. The number of rotatable bonds is 12. The van der Waals surface area contributed by atoms with Gasteiger partial charge in [0.1, 0.15) is 18.5 Å². The third-order valence-electron chi connectivity index (χ3n) is 4.08. The lowest BCUT2D eigenvalue weighted by molar-refractivity contribution is 0.263. The van der Waals surface area contributed by atoms with Crippen LogP contribution in [0.3, 0.4) is 0 Å². The Morgan fingerprint density at radius 3 is 2.41 bits per heavy atom. The average molecular weight is 302 g/mol. The molecule has 0 saturated carbocycles. The van der Waals surface area contributed by atoms with E-state index in [1.54, 1.807) is 0 Å². The van der Waals surface area contributed by atoms with Gasteiger partial charge in [0.2, 0.25) is 0 Å². The van der Waals surface area contributed by atoms with Crippen LogP contribution >= 0.6 is 0 Å². The summed E-state index contributed by atoms with van der Waals surface area (Å²) >= 11 is 0. The van der Waals surface area contributed by atoms with Crippen molar-refractivity contribution < 1.29 is 9.47 Å². The molecule has 1 aromatic rings. The molecule has 122 valence electrons. The minimum Gasteiger partial charge on any atom is -0.491 e. The Labute approximate surface area is 135 Å². The Bertz CT molecular complexity index is 418. The molecule has 1 aromatic carbocycles. The lowest BCUT2D eigenvalue weighted by Gasteiger charge is -2.06. The van der Waals surface area contributed by atoms with E-state index in [1.807, 2.05) is 0 Å². The Morgan fingerprint density at radius 2 is 1.73 bits per heavy atom. The van der Waals surface area contributed by atoms with E-state index in [0.717, 1.165) is 12.4 Å². The molecular weight excluding hydrogens is 272 g/mol. The Morgan fingerprint density at radius 1 is 1.05 bits per heavy atom. The molecule has 1 fully saturated rings. The molecule has 1 atom stereocenters. The number of benzene rings is 1. The van der Waals surface area contributed by atoms with Gasteiger partial charge in [0.25, 0.3) is 0 Å². The van der Waals surface area contributed by atoms with Crippen LogP contribution in [0, 0.1) is 0 Å². The Hall–Kier alpha value is -1.28. The maximum Gasteiger partial charge on any atom is 0.119 e. The molecule has 1 saturated heterocycles. The molecule has 1 heterocycles. The van der Waals surface area contributed by atoms with Gasteiger partial charge in [-0.1, -0.05) is 50.0 Å². The molecule has 0 bridgehead atoms. The van der Waals surface area contributed by atoms with Crippen molar-refractivity contribution in [3.05, 3.63) is 42.0 Å². The minimum atomic E-state index is 0.331. The molecule has 1 unspecified atom stereocenters. The molecule has 0 spiro atoms. The highest BCUT2D eigenvalue weighted by Crippen LogP contribution is 2.17. The Kier molecular flexibility index (Phi) is 8.11. The fourth-order valence-electron chi connectivity index (χ4n) is 2.57. The fraction of sp³-hybridized carbons (Fsp3) is 0.600. The van der Waals surface area contributed by atoms with Gasteiger partial charge in [0, 0.05) is 0 Å². The first-order valence-electron chi connectivity index (χ1n) is 8.83. The summed E-state index contributed by atoms with van der Waals surface area (Å²) < 4.78 is 10.8. The summed E-state index contributed by atoms with van der Waals surface area (Å²) in [5, 5.41) is 0. The van der Waals surface area contributed by atoms with Crippen LogP contribution < -0.4 is 4.74 Å². The zero-order valence-electron chi connectivity index (χ0n) is 13.9. The van der Waals surface area contributed by atoms with Gasteiger partial charge in [-0.15, -0.1) is 0 Å². The Balaban J connectivity index is 1.47. The average Bonchev–Trinajstić information content (AvgIpc) is 3.37. The fourth-order valence-corrected chi connectivity index (χ4v) is 2.57. The van der Waals surface area contributed by atoms with Crippen molar-refractivity contribution in [2.24, 2.45) is 0 Å². The van der Waals surface area contributed by atoms with Crippen LogP contribution in [0.5, 0.6) is 5.75 Å². The van der Waals surface area contributed by atoms with Crippen LogP contribution in [0.2, 0.25) is 0 Å². The highest BCUT2D eigenvalue weighted by molar-refractivity contribution is 5.27. The number of hydrogen-bond acceptors (Lipinski definition) is 2. The number of aryl methyl sites for hydroxylation is 1. The molecule has 0 aliphatic carbocycles. The number of unbranched alkanes of at least 4 members (excludes halogenated alkanes) is 6. The van der Waals surface area contributed by atoms with Gasteiger partial charge in [-0.05, 0) is 50.3 Å². The third kappa shape index (κ3) is 7.65. The molecule has 1 aliphatic rings. The zero-order chi connectivity index (χ0) is 15.5. The molecule has 2 rings (SSSR count). The van der Waals surface area contributed by atoms with Crippen molar-refractivity contribution in [2.75, 3.05) is 13.2 Å². The molecule has 0 aromatic heterocycles. The summed E-state index contributed by atoms with van der Waals surface area (Å²) in [4.78, 5) is 0. The molecule has 22 heavy (non-hydrogen) atoms.